The molecule has 1 aromatic rings. The maximum Gasteiger partial charge on any atom is 0.339 e. The lowest BCUT2D eigenvalue weighted by atomic mass is 10.0. The van der Waals surface area contributed by atoms with Crippen molar-refractivity contribution in [2.24, 2.45) is 0 Å². The second kappa shape index (κ2) is 8.42. The molecule has 0 aliphatic carbocycles. The van der Waals surface area contributed by atoms with Crippen LogP contribution in [0.25, 0.3) is 0 Å². The van der Waals surface area contributed by atoms with Gasteiger partial charge in [-0.3, -0.25) is 0 Å². The zero-order chi connectivity index (χ0) is 18.3. The molecule has 0 aliphatic heterocycles. The second-order valence-electron chi connectivity index (χ2n) is 4.50. The molecule has 0 amide bonds. The summed E-state index contributed by atoms with van der Waals surface area (Å²) in [6.45, 7) is 5.66. The standard InChI is InChI=1S/C16H17FO6S/c1-4-13(9-11(2)17)24(20,21)23-16-14(10-19)12(7-8-18)5-6-15(16)22-3/h4-6,8-9,19H,1-2,7,10H2,3H3/b13-9+. The summed E-state index contributed by atoms with van der Waals surface area (Å²) < 4.78 is 47.6. The van der Waals surface area contributed by atoms with Crippen molar-refractivity contribution >= 4 is 16.4 Å². The number of rotatable bonds is 9. The molecule has 130 valence electrons. The fourth-order valence-corrected chi connectivity index (χ4v) is 2.87. The first-order chi connectivity index (χ1) is 11.3. The van der Waals surface area contributed by atoms with Crippen LogP contribution in [0.5, 0.6) is 11.5 Å². The number of aldehydes is 1. The zero-order valence-corrected chi connectivity index (χ0v) is 13.8. The highest BCUT2D eigenvalue weighted by molar-refractivity contribution is 7.91. The van der Waals surface area contributed by atoms with Gasteiger partial charge in [0.25, 0.3) is 0 Å². The Hall–Kier alpha value is -2.45. The van der Waals surface area contributed by atoms with Crippen LogP contribution in [-0.2, 0) is 27.9 Å². The van der Waals surface area contributed by atoms with Gasteiger partial charge in [-0.15, -0.1) is 0 Å². The molecule has 0 saturated carbocycles. The van der Waals surface area contributed by atoms with Gasteiger partial charge in [0.2, 0.25) is 0 Å². The molecular weight excluding hydrogens is 339 g/mol. The van der Waals surface area contributed by atoms with E-state index in [1.54, 1.807) is 0 Å². The number of carbonyl (C=O) groups excluding carboxylic acids is 1. The molecule has 0 aromatic heterocycles. The van der Waals surface area contributed by atoms with Crippen LogP contribution in [0.3, 0.4) is 0 Å². The molecule has 6 nitrogen and oxygen atoms in total. The minimum Gasteiger partial charge on any atom is -0.493 e. The van der Waals surface area contributed by atoms with Gasteiger partial charge in [-0.05, 0) is 23.8 Å². The minimum atomic E-state index is -4.45. The lowest BCUT2D eigenvalue weighted by molar-refractivity contribution is -0.107. The largest absolute Gasteiger partial charge is 0.493 e. The third-order valence-electron chi connectivity index (χ3n) is 2.98. The number of carbonyl (C=O) groups is 1. The summed E-state index contributed by atoms with van der Waals surface area (Å²) in [5.74, 6) is -1.25. The number of aliphatic hydroxyl groups excluding tert-OH is 1. The lowest BCUT2D eigenvalue weighted by Crippen LogP contribution is -2.14. The van der Waals surface area contributed by atoms with Gasteiger partial charge in [-0.2, -0.15) is 8.42 Å². The van der Waals surface area contributed by atoms with Crippen LogP contribution in [0.2, 0.25) is 0 Å². The van der Waals surface area contributed by atoms with E-state index in [9.17, 15) is 22.7 Å². The van der Waals surface area contributed by atoms with Crippen molar-refractivity contribution in [3.63, 3.8) is 0 Å². The monoisotopic (exact) mass is 356 g/mol. The van der Waals surface area contributed by atoms with Gasteiger partial charge in [0, 0.05) is 12.0 Å². The lowest BCUT2D eigenvalue weighted by Gasteiger charge is -2.16. The Bertz CT molecular complexity index is 780. The van der Waals surface area contributed by atoms with Gasteiger partial charge in [-0.25, -0.2) is 4.39 Å². The summed E-state index contributed by atoms with van der Waals surface area (Å²) in [5, 5.41) is 9.53. The Morgan fingerprint density at radius 3 is 2.54 bits per heavy atom. The van der Waals surface area contributed by atoms with Crippen LogP contribution in [0.4, 0.5) is 4.39 Å². The summed E-state index contributed by atoms with van der Waals surface area (Å²) in [5.41, 5.74) is 0.449. The molecule has 0 atom stereocenters. The van der Waals surface area contributed by atoms with Crippen molar-refractivity contribution in [3.05, 3.63) is 59.3 Å². The molecule has 1 aromatic carbocycles. The zero-order valence-electron chi connectivity index (χ0n) is 13.0. The first-order valence-electron chi connectivity index (χ1n) is 6.67. The average molecular weight is 356 g/mol. The third kappa shape index (κ3) is 4.53. The van der Waals surface area contributed by atoms with Crippen LogP contribution in [-0.4, -0.2) is 26.9 Å². The van der Waals surface area contributed by atoms with Crippen LogP contribution in [0.1, 0.15) is 11.1 Å². The summed E-state index contributed by atoms with van der Waals surface area (Å²) >= 11 is 0. The number of hydrogen-bond donors (Lipinski definition) is 1. The van der Waals surface area contributed by atoms with E-state index in [0.717, 1.165) is 6.08 Å². The number of ether oxygens (including phenoxy) is 1. The maximum atomic E-state index is 12.9. The number of halogens is 1. The predicted octanol–water partition coefficient (Wildman–Crippen LogP) is 2.19. The van der Waals surface area contributed by atoms with Crippen molar-refractivity contribution in [1.29, 1.82) is 0 Å². The van der Waals surface area contributed by atoms with Crippen molar-refractivity contribution < 1.29 is 31.6 Å². The molecule has 0 saturated heterocycles. The first-order valence-corrected chi connectivity index (χ1v) is 8.07. The van der Waals surface area contributed by atoms with E-state index in [0.29, 0.717) is 17.9 Å². The van der Waals surface area contributed by atoms with E-state index < -0.39 is 27.5 Å². The second-order valence-corrected chi connectivity index (χ2v) is 6.05. The Balaban J connectivity index is 3.50. The molecule has 0 bridgehead atoms. The molecule has 0 aliphatic rings. The van der Waals surface area contributed by atoms with Gasteiger partial charge in [0.1, 0.15) is 17.0 Å². The van der Waals surface area contributed by atoms with Crippen LogP contribution in [0, 0.1) is 0 Å². The van der Waals surface area contributed by atoms with E-state index in [-0.39, 0.29) is 23.5 Å². The molecule has 0 unspecified atom stereocenters. The molecule has 0 spiro atoms. The molecule has 0 radical (unpaired) electrons. The maximum absolute atomic E-state index is 12.9. The normalized spacial score (nSPS) is 11.7. The van der Waals surface area contributed by atoms with Crippen molar-refractivity contribution in [3.8, 4) is 11.5 Å². The third-order valence-corrected chi connectivity index (χ3v) is 4.23. The van der Waals surface area contributed by atoms with Crippen molar-refractivity contribution in [2.75, 3.05) is 7.11 Å². The number of hydrogen-bond acceptors (Lipinski definition) is 6. The number of methoxy groups -OCH3 is 1. The minimum absolute atomic E-state index is 0.0276. The number of aliphatic hydroxyl groups is 1. The highest BCUT2D eigenvalue weighted by Gasteiger charge is 2.24. The summed E-state index contributed by atoms with van der Waals surface area (Å²) in [4.78, 5) is 10.2. The van der Waals surface area contributed by atoms with E-state index in [1.165, 1.54) is 19.2 Å². The first kappa shape index (κ1) is 19.6. The smallest absolute Gasteiger partial charge is 0.339 e. The Kier molecular flexibility index (Phi) is 6.87. The molecule has 24 heavy (non-hydrogen) atoms. The van der Waals surface area contributed by atoms with Crippen LogP contribution >= 0.6 is 0 Å². The molecular formula is C16H17FO6S. The predicted molar refractivity (Wildman–Crippen MR) is 86.8 cm³/mol. The summed E-state index contributed by atoms with van der Waals surface area (Å²) in [6, 6.07) is 2.90. The fourth-order valence-electron chi connectivity index (χ4n) is 1.90. The van der Waals surface area contributed by atoms with Crippen molar-refractivity contribution in [2.45, 2.75) is 13.0 Å². The van der Waals surface area contributed by atoms with Gasteiger partial charge in [-0.1, -0.05) is 19.2 Å². The number of benzene rings is 1. The Morgan fingerprint density at radius 1 is 1.42 bits per heavy atom. The van der Waals surface area contributed by atoms with Crippen LogP contribution in [0.15, 0.2) is 48.2 Å². The topological polar surface area (TPSA) is 89.9 Å². The SMILES string of the molecule is C=C/C(=C\C(=C)F)S(=O)(=O)Oc1c(OC)ccc(CC=O)c1CO. The van der Waals surface area contributed by atoms with E-state index in [4.69, 9.17) is 8.92 Å². The molecule has 1 N–H and O–H groups in total. The van der Waals surface area contributed by atoms with E-state index in [1.807, 2.05) is 0 Å². The molecule has 0 fully saturated rings. The van der Waals surface area contributed by atoms with E-state index in [2.05, 4.69) is 13.2 Å². The van der Waals surface area contributed by atoms with Gasteiger partial charge in [0.15, 0.2) is 11.5 Å². The average Bonchev–Trinajstić information content (AvgIpc) is 2.52. The highest BCUT2D eigenvalue weighted by Crippen LogP contribution is 2.36. The van der Waals surface area contributed by atoms with Gasteiger partial charge in [0.05, 0.1) is 13.7 Å². The van der Waals surface area contributed by atoms with Gasteiger partial charge >= 0.3 is 10.1 Å². The van der Waals surface area contributed by atoms with E-state index >= 15 is 0 Å². The van der Waals surface area contributed by atoms with Crippen LogP contribution < -0.4 is 8.92 Å². The quantitative estimate of drug-likeness (QED) is 0.414. The number of allylic oxidation sites excluding steroid dienone is 3. The molecule has 1 rings (SSSR count). The fraction of sp³-hybridized carbons (Fsp3) is 0.188. The van der Waals surface area contributed by atoms with Crippen molar-refractivity contribution in [1.82, 2.24) is 0 Å². The highest BCUT2D eigenvalue weighted by atomic mass is 32.2. The Morgan fingerprint density at radius 2 is 2.08 bits per heavy atom. The Labute approximate surface area is 139 Å². The summed E-state index contributed by atoms with van der Waals surface area (Å²) in [7, 11) is -3.17. The molecule has 0 heterocycles. The summed E-state index contributed by atoms with van der Waals surface area (Å²) in [6.07, 6.45) is 2.08. The molecule has 8 heteroatoms. The van der Waals surface area contributed by atoms with Gasteiger partial charge < -0.3 is 18.8 Å².